The van der Waals surface area contributed by atoms with E-state index in [1.54, 1.807) is 18.2 Å². The van der Waals surface area contributed by atoms with Gasteiger partial charge in [0.1, 0.15) is 12.4 Å². The van der Waals surface area contributed by atoms with Crippen molar-refractivity contribution >= 4 is 33.7 Å². The summed E-state index contributed by atoms with van der Waals surface area (Å²) in [4.78, 5) is 12.2. The molecule has 0 radical (unpaired) electrons. The second-order valence-electron chi connectivity index (χ2n) is 4.81. The summed E-state index contributed by atoms with van der Waals surface area (Å²) in [6.07, 6.45) is 1.01. The van der Waals surface area contributed by atoms with Crippen molar-refractivity contribution in [1.82, 2.24) is 0 Å². The van der Waals surface area contributed by atoms with Crippen molar-refractivity contribution < 1.29 is 14.6 Å². The van der Waals surface area contributed by atoms with Gasteiger partial charge in [0.05, 0.1) is 10.0 Å². The normalized spacial score (nSPS) is 16.5. The fourth-order valence-corrected chi connectivity index (χ4v) is 3.99. The van der Waals surface area contributed by atoms with Crippen molar-refractivity contribution in [2.75, 3.05) is 6.61 Å². The Hall–Kier alpha value is -1.46. The van der Waals surface area contributed by atoms with Crippen molar-refractivity contribution in [1.29, 1.82) is 0 Å². The van der Waals surface area contributed by atoms with Crippen molar-refractivity contribution in [2.24, 2.45) is 0 Å². The Labute approximate surface area is 135 Å². The first-order chi connectivity index (χ1) is 10.1. The number of hydrogen-bond acceptors (Lipinski definition) is 3. The van der Waals surface area contributed by atoms with Crippen LogP contribution in [-0.4, -0.2) is 22.9 Å². The number of carboxylic acids is 1. The highest BCUT2D eigenvalue weighted by atomic mass is 79.9. The molecule has 2 aromatic carbocycles. The minimum absolute atomic E-state index is 0.247. The summed E-state index contributed by atoms with van der Waals surface area (Å²) in [5, 5.41) is 9.33. The Morgan fingerprint density at radius 1 is 1.33 bits per heavy atom. The molecule has 1 N–H and O–H groups in total. The number of thioether (sulfide) groups is 1. The lowest BCUT2D eigenvalue weighted by atomic mass is 10.1. The first-order valence-electron chi connectivity index (χ1n) is 6.53. The number of carbonyl (C=O) groups is 1. The number of fused-ring (bicyclic) bond motifs is 1. The highest BCUT2D eigenvalue weighted by Gasteiger charge is 2.22. The van der Waals surface area contributed by atoms with E-state index in [1.807, 2.05) is 11.8 Å². The van der Waals surface area contributed by atoms with Crippen LogP contribution in [0.15, 0.2) is 51.8 Å². The molecule has 0 amide bonds. The van der Waals surface area contributed by atoms with Gasteiger partial charge in [-0.05, 0) is 52.2 Å². The van der Waals surface area contributed by atoms with Crippen LogP contribution in [0.3, 0.4) is 0 Å². The lowest BCUT2D eigenvalue weighted by Crippen LogP contribution is -2.13. The molecule has 21 heavy (non-hydrogen) atoms. The van der Waals surface area contributed by atoms with E-state index in [2.05, 4.69) is 40.2 Å². The predicted molar refractivity (Wildman–Crippen MR) is 86.4 cm³/mol. The van der Waals surface area contributed by atoms with Gasteiger partial charge in [0.2, 0.25) is 0 Å². The minimum atomic E-state index is -0.941. The molecule has 5 heteroatoms. The molecule has 0 bridgehead atoms. The molecule has 0 saturated heterocycles. The number of carboxylic acid groups (broad SMARTS) is 1. The molecule has 0 fully saturated rings. The topological polar surface area (TPSA) is 46.5 Å². The van der Waals surface area contributed by atoms with Crippen LogP contribution in [-0.2, 0) is 6.42 Å². The van der Waals surface area contributed by atoms with Crippen molar-refractivity contribution in [3.63, 3.8) is 0 Å². The molecule has 1 atom stereocenters. The molecule has 1 unspecified atom stereocenters. The molecule has 1 aliphatic heterocycles. The first-order valence-corrected chi connectivity index (χ1v) is 8.21. The van der Waals surface area contributed by atoms with E-state index < -0.39 is 5.97 Å². The minimum Gasteiger partial charge on any atom is -0.491 e. The number of benzene rings is 2. The van der Waals surface area contributed by atoms with E-state index in [0.29, 0.717) is 22.1 Å². The van der Waals surface area contributed by atoms with Crippen LogP contribution < -0.4 is 4.74 Å². The third kappa shape index (κ3) is 3.24. The van der Waals surface area contributed by atoms with E-state index in [-0.39, 0.29) is 5.56 Å². The van der Waals surface area contributed by atoms with Gasteiger partial charge < -0.3 is 9.84 Å². The summed E-state index contributed by atoms with van der Waals surface area (Å²) < 4.78 is 6.50. The molecule has 108 valence electrons. The highest BCUT2D eigenvalue weighted by Crippen LogP contribution is 2.37. The largest absolute Gasteiger partial charge is 0.491 e. The maximum Gasteiger partial charge on any atom is 0.335 e. The van der Waals surface area contributed by atoms with Crippen LogP contribution in [0.4, 0.5) is 0 Å². The van der Waals surface area contributed by atoms with E-state index in [9.17, 15) is 4.79 Å². The Morgan fingerprint density at radius 3 is 2.86 bits per heavy atom. The number of halogens is 1. The Morgan fingerprint density at radius 2 is 2.14 bits per heavy atom. The second-order valence-corrected chi connectivity index (χ2v) is 7.01. The third-order valence-electron chi connectivity index (χ3n) is 3.32. The Kier molecular flexibility index (Phi) is 4.22. The average molecular weight is 365 g/mol. The average Bonchev–Trinajstić information content (AvgIpc) is 2.88. The summed E-state index contributed by atoms with van der Waals surface area (Å²) in [5.74, 6) is -0.263. The Bertz CT molecular complexity index is 662. The SMILES string of the molecule is O=C(O)c1ccc(OCC2Cc3ccccc3S2)c(Br)c1. The molecule has 3 nitrogen and oxygen atoms in total. The smallest absolute Gasteiger partial charge is 0.335 e. The number of aromatic carboxylic acids is 1. The van der Waals surface area contributed by atoms with Gasteiger partial charge in [0.25, 0.3) is 0 Å². The summed E-state index contributed by atoms with van der Waals surface area (Å²) >= 11 is 5.19. The molecule has 0 aromatic heterocycles. The number of ether oxygens (including phenoxy) is 1. The zero-order valence-electron chi connectivity index (χ0n) is 11.1. The predicted octanol–water partition coefficient (Wildman–Crippen LogP) is 4.24. The summed E-state index contributed by atoms with van der Waals surface area (Å²) in [6, 6.07) is 13.2. The quantitative estimate of drug-likeness (QED) is 0.880. The number of hydrogen-bond donors (Lipinski definition) is 1. The van der Waals surface area contributed by atoms with E-state index in [1.165, 1.54) is 10.5 Å². The third-order valence-corrected chi connectivity index (χ3v) is 5.23. The van der Waals surface area contributed by atoms with Gasteiger partial charge in [-0.25, -0.2) is 4.79 Å². The van der Waals surface area contributed by atoms with Crippen molar-refractivity contribution in [3.05, 3.63) is 58.1 Å². The van der Waals surface area contributed by atoms with E-state index in [4.69, 9.17) is 9.84 Å². The van der Waals surface area contributed by atoms with Crippen LogP contribution in [0.2, 0.25) is 0 Å². The van der Waals surface area contributed by atoms with Gasteiger partial charge in [-0.15, -0.1) is 11.8 Å². The maximum atomic E-state index is 10.9. The maximum absolute atomic E-state index is 10.9. The van der Waals surface area contributed by atoms with Crippen LogP contribution in [0.1, 0.15) is 15.9 Å². The van der Waals surface area contributed by atoms with Crippen LogP contribution in [0, 0.1) is 0 Å². The zero-order valence-corrected chi connectivity index (χ0v) is 13.5. The summed E-state index contributed by atoms with van der Waals surface area (Å²) in [6.45, 7) is 0.602. The molecular weight excluding hydrogens is 352 g/mol. The monoisotopic (exact) mass is 364 g/mol. The summed E-state index contributed by atoms with van der Waals surface area (Å²) in [5.41, 5.74) is 1.62. The lowest BCUT2D eigenvalue weighted by Gasteiger charge is -2.12. The van der Waals surface area contributed by atoms with Crippen LogP contribution in [0.25, 0.3) is 0 Å². The standard InChI is InChI=1S/C16H13BrO3S/c17-13-8-11(16(18)19)5-6-14(13)20-9-12-7-10-3-1-2-4-15(10)21-12/h1-6,8,12H,7,9H2,(H,18,19). The second kappa shape index (κ2) is 6.12. The molecule has 2 aromatic rings. The number of rotatable bonds is 4. The van der Waals surface area contributed by atoms with Crippen LogP contribution >= 0.6 is 27.7 Å². The van der Waals surface area contributed by atoms with Crippen molar-refractivity contribution in [3.8, 4) is 5.75 Å². The van der Waals surface area contributed by atoms with Gasteiger partial charge in [-0.3, -0.25) is 0 Å². The molecule has 0 saturated carbocycles. The molecule has 3 rings (SSSR count). The van der Waals surface area contributed by atoms with Crippen LogP contribution in [0.5, 0.6) is 5.75 Å². The molecule has 0 spiro atoms. The van der Waals surface area contributed by atoms with E-state index in [0.717, 1.165) is 6.42 Å². The molecule has 0 aliphatic carbocycles. The zero-order chi connectivity index (χ0) is 14.8. The Balaban J connectivity index is 1.63. The highest BCUT2D eigenvalue weighted by molar-refractivity contribution is 9.10. The van der Waals surface area contributed by atoms with Crippen molar-refractivity contribution in [2.45, 2.75) is 16.6 Å². The van der Waals surface area contributed by atoms with Gasteiger partial charge in [-0.1, -0.05) is 18.2 Å². The molecule has 1 heterocycles. The van der Waals surface area contributed by atoms with E-state index >= 15 is 0 Å². The fourth-order valence-electron chi connectivity index (χ4n) is 2.28. The fraction of sp³-hybridized carbons (Fsp3) is 0.188. The molecular formula is C16H13BrO3S. The van der Waals surface area contributed by atoms with Gasteiger partial charge in [0, 0.05) is 10.1 Å². The van der Waals surface area contributed by atoms with Gasteiger partial charge >= 0.3 is 5.97 Å². The summed E-state index contributed by atoms with van der Waals surface area (Å²) in [7, 11) is 0. The van der Waals surface area contributed by atoms with Gasteiger partial charge in [-0.2, -0.15) is 0 Å². The first kappa shape index (κ1) is 14.5. The lowest BCUT2D eigenvalue weighted by molar-refractivity contribution is 0.0697. The molecule has 1 aliphatic rings. The van der Waals surface area contributed by atoms with Gasteiger partial charge in [0.15, 0.2) is 0 Å².